The third-order valence-corrected chi connectivity index (χ3v) is 4.44. The lowest BCUT2D eigenvalue weighted by molar-refractivity contribution is 0.102. The van der Waals surface area contributed by atoms with Gasteiger partial charge in [0, 0.05) is 22.8 Å². The maximum absolute atomic E-state index is 12.3. The highest BCUT2D eigenvalue weighted by atomic mass is 35.5. The third-order valence-electron chi connectivity index (χ3n) is 4.04. The number of hydrogen-bond donors (Lipinski definition) is 2. The van der Waals surface area contributed by atoms with Crippen molar-refractivity contribution in [2.24, 2.45) is 0 Å². The summed E-state index contributed by atoms with van der Waals surface area (Å²) in [5.41, 5.74) is 1.95. The molecular formula is C17H19ClN4O. The molecule has 3 rings (SSSR count). The molecule has 0 atom stereocenters. The average Bonchev–Trinajstić information content (AvgIpc) is 3.04. The van der Waals surface area contributed by atoms with E-state index in [0.717, 1.165) is 18.4 Å². The number of aryl methyl sites for hydroxylation is 1. The summed E-state index contributed by atoms with van der Waals surface area (Å²) in [6, 6.07) is 7.54. The Morgan fingerprint density at radius 2 is 2.00 bits per heavy atom. The number of nitrogens with one attached hydrogen (secondary N) is 2. The quantitative estimate of drug-likeness (QED) is 0.887. The highest BCUT2D eigenvalue weighted by Gasteiger charge is 2.16. The van der Waals surface area contributed by atoms with Crippen LogP contribution in [0, 0.1) is 6.92 Å². The second-order valence-electron chi connectivity index (χ2n) is 5.83. The van der Waals surface area contributed by atoms with Crippen molar-refractivity contribution in [3.05, 3.63) is 46.9 Å². The van der Waals surface area contributed by atoms with Crippen molar-refractivity contribution in [2.45, 2.75) is 38.6 Å². The van der Waals surface area contributed by atoms with Crippen molar-refractivity contribution in [3.8, 4) is 0 Å². The summed E-state index contributed by atoms with van der Waals surface area (Å²) in [5.74, 6) is 0.417. The largest absolute Gasteiger partial charge is 0.367 e. The van der Waals surface area contributed by atoms with Crippen LogP contribution in [0.15, 0.2) is 30.6 Å². The number of nitrogens with zero attached hydrogens (tertiary/aromatic N) is 2. The molecule has 0 bridgehead atoms. The van der Waals surface area contributed by atoms with E-state index in [1.54, 1.807) is 12.1 Å². The fraction of sp³-hybridized carbons (Fsp3) is 0.353. The molecule has 1 aliphatic rings. The standard InChI is InChI=1S/C17H19ClN4O/c1-11-6-7-13(8-14(11)18)22-17(23)15-9-16(20-10-19-15)21-12-4-2-3-5-12/h6-10,12H,2-5H2,1H3,(H,22,23)(H,19,20,21). The number of benzene rings is 1. The normalized spacial score (nSPS) is 14.7. The molecule has 0 spiro atoms. The Labute approximate surface area is 140 Å². The van der Waals surface area contributed by atoms with Crippen LogP contribution in [0.3, 0.4) is 0 Å². The molecule has 23 heavy (non-hydrogen) atoms. The second kappa shape index (κ2) is 6.96. The maximum Gasteiger partial charge on any atom is 0.274 e. The Kier molecular flexibility index (Phi) is 4.76. The zero-order valence-electron chi connectivity index (χ0n) is 13.0. The minimum Gasteiger partial charge on any atom is -0.367 e. The molecule has 1 aromatic heterocycles. The SMILES string of the molecule is Cc1ccc(NC(=O)c2cc(NC3CCCC3)ncn2)cc1Cl. The Hall–Kier alpha value is -2.14. The van der Waals surface area contributed by atoms with Gasteiger partial charge in [-0.2, -0.15) is 0 Å². The molecule has 120 valence electrons. The summed E-state index contributed by atoms with van der Waals surface area (Å²) in [5, 5.41) is 6.79. The van der Waals surface area contributed by atoms with Crippen molar-refractivity contribution in [1.82, 2.24) is 9.97 Å². The summed E-state index contributed by atoms with van der Waals surface area (Å²) in [6.45, 7) is 1.92. The van der Waals surface area contributed by atoms with Crippen LogP contribution in [0.5, 0.6) is 0 Å². The number of amides is 1. The highest BCUT2D eigenvalue weighted by molar-refractivity contribution is 6.31. The Bertz CT molecular complexity index is 713. The van der Waals surface area contributed by atoms with Crippen molar-refractivity contribution in [3.63, 3.8) is 0 Å². The number of hydrogen-bond acceptors (Lipinski definition) is 4. The van der Waals surface area contributed by atoms with Gasteiger partial charge >= 0.3 is 0 Å². The van der Waals surface area contributed by atoms with Gasteiger partial charge in [-0.3, -0.25) is 4.79 Å². The molecular weight excluding hydrogens is 312 g/mol. The zero-order valence-corrected chi connectivity index (χ0v) is 13.7. The molecule has 0 unspecified atom stereocenters. The van der Waals surface area contributed by atoms with Crippen molar-refractivity contribution in [2.75, 3.05) is 10.6 Å². The van der Waals surface area contributed by atoms with Gasteiger partial charge in [0.05, 0.1) is 0 Å². The second-order valence-corrected chi connectivity index (χ2v) is 6.24. The van der Waals surface area contributed by atoms with Gasteiger partial charge in [-0.15, -0.1) is 0 Å². The van der Waals surface area contributed by atoms with Crippen LogP contribution in [0.25, 0.3) is 0 Å². The number of carbonyl (C=O) groups is 1. The number of anilines is 2. The van der Waals surface area contributed by atoms with Gasteiger partial charge in [0.25, 0.3) is 5.91 Å². The van der Waals surface area contributed by atoms with E-state index in [1.165, 1.54) is 19.2 Å². The van der Waals surface area contributed by atoms with Crippen LogP contribution in [-0.4, -0.2) is 21.9 Å². The van der Waals surface area contributed by atoms with Crippen LogP contribution in [0.4, 0.5) is 11.5 Å². The number of halogens is 1. The molecule has 6 heteroatoms. The van der Waals surface area contributed by atoms with Gasteiger partial charge in [-0.1, -0.05) is 30.5 Å². The molecule has 1 heterocycles. The van der Waals surface area contributed by atoms with Crippen molar-refractivity contribution < 1.29 is 4.79 Å². The molecule has 5 nitrogen and oxygen atoms in total. The Morgan fingerprint density at radius 1 is 1.22 bits per heavy atom. The van der Waals surface area contributed by atoms with Crippen LogP contribution in [0.1, 0.15) is 41.7 Å². The fourth-order valence-corrected chi connectivity index (χ4v) is 2.89. The first-order chi connectivity index (χ1) is 11.1. The maximum atomic E-state index is 12.3. The summed E-state index contributed by atoms with van der Waals surface area (Å²) >= 11 is 6.08. The van der Waals surface area contributed by atoms with E-state index in [4.69, 9.17) is 11.6 Å². The Morgan fingerprint density at radius 3 is 2.74 bits per heavy atom. The predicted octanol–water partition coefficient (Wildman–Crippen LogP) is 4.05. The summed E-state index contributed by atoms with van der Waals surface area (Å²) < 4.78 is 0. The molecule has 2 aromatic rings. The van der Waals surface area contributed by atoms with E-state index in [2.05, 4.69) is 20.6 Å². The topological polar surface area (TPSA) is 66.9 Å². The number of rotatable bonds is 4. The molecule has 0 radical (unpaired) electrons. The van der Waals surface area contributed by atoms with Crippen molar-refractivity contribution >= 4 is 29.0 Å². The van der Waals surface area contributed by atoms with E-state index < -0.39 is 0 Å². The number of aromatic nitrogens is 2. The number of carbonyl (C=O) groups excluding carboxylic acids is 1. The lowest BCUT2D eigenvalue weighted by atomic mass is 10.2. The monoisotopic (exact) mass is 330 g/mol. The molecule has 1 amide bonds. The Balaban J connectivity index is 1.70. The van der Waals surface area contributed by atoms with Crippen LogP contribution < -0.4 is 10.6 Å². The third kappa shape index (κ3) is 3.99. The molecule has 2 N–H and O–H groups in total. The summed E-state index contributed by atoms with van der Waals surface area (Å²) in [7, 11) is 0. The summed E-state index contributed by atoms with van der Waals surface area (Å²) in [4.78, 5) is 20.6. The van der Waals surface area contributed by atoms with Gasteiger partial charge in [0.2, 0.25) is 0 Å². The van der Waals surface area contributed by atoms with E-state index in [1.807, 2.05) is 19.1 Å². The average molecular weight is 331 g/mol. The minimum absolute atomic E-state index is 0.276. The van der Waals surface area contributed by atoms with Gasteiger partial charge in [-0.05, 0) is 37.5 Å². The molecule has 0 aliphatic heterocycles. The van der Waals surface area contributed by atoms with E-state index in [0.29, 0.717) is 28.3 Å². The fourth-order valence-electron chi connectivity index (χ4n) is 2.71. The van der Waals surface area contributed by atoms with Crippen molar-refractivity contribution in [1.29, 1.82) is 0 Å². The van der Waals surface area contributed by atoms with Crippen LogP contribution in [0.2, 0.25) is 5.02 Å². The van der Waals surface area contributed by atoms with Crippen LogP contribution in [-0.2, 0) is 0 Å². The van der Waals surface area contributed by atoms with Gasteiger partial charge < -0.3 is 10.6 Å². The summed E-state index contributed by atoms with van der Waals surface area (Å²) in [6.07, 6.45) is 6.18. The van der Waals surface area contributed by atoms with Crippen LogP contribution >= 0.6 is 11.6 Å². The molecule has 0 saturated heterocycles. The molecule has 1 aromatic carbocycles. The molecule has 1 saturated carbocycles. The minimum atomic E-state index is -0.276. The first-order valence-corrected chi connectivity index (χ1v) is 8.16. The zero-order chi connectivity index (χ0) is 16.2. The van der Waals surface area contributed by atoms with Gasteiger partial charge in [0.1, 0.15) is 17.8 Å². The van der Waals surface area contributed by atoms with Gasteiger partial charge in [0.15, 0.2) is 0 Å². The molecule has 1 aliphatic carbocycles. The molecule has 1 fully saturated rings. The van der Waals surface area contributed by atoms with E-state index in [9.17, 15) is 4.79 Å². The van der Waals surface area contributed by atoms with E-state index >= 15 is 0 Å². The lowest BCUT2D eigenvalue weighted by Crippen LogP contribution is -2.18. The first kappa shape index (κ1) is 15.7. The lowest BCUT2D eigenvalue weighted by Gasteiger charge is -2.13. The first-order valence-electron chi connectivity index (χ1n) is 7.78. The predicted molar refractivity (Wildman–Crippen MR) is 92.1 cm³/mol. The van der Waals surface area contributed by atoms with E-state index in [-0.39, 0.29) is 5.91 Å². The smallest absolute Gasteiger partial charge is 0.274 e. The van der Waals surface area contributed by atoms with Gasteiger partial charge in [-0.25, -0.2) is 9.97 Å². The highest BCUT2D eigenvalue weighted by Crippen LogP contribution is 2.22.